The van der Waals surface area contributed by atoms with E-state index in [0.717, 1.165) is 47.1 Å². The van der Waals surface area contributed by atoms with Crippen LogP contribution in [0.3, 0.4) is 0 Å². The molecule has 2 aromatic heterocycles. The summed E-state index contributed by atoms with van der Waals surface area (Å²) in [5, 5.41) is 4.03. The number of aromatic nitrogens is 2. The van der Waals surface area contributed by atoms with Gasteiger partial charge in [0.2, 0.25) is 0 Å². The van der Waals surface area contributed by atoms with Gasteiger partial charge < -0.3 is 15.0 Å². The average Bonchev–Trinajstić information content (AvgIpc) is 3.23. The summed E-state index contributed by atoms with van der Waals surface area (Å²) in [5.74, 6) is 0.707. The maximum Gasteiger partial charge on any atom is 0.257 e. The monoisotopic (exact) mass is 430 g/mol. The van der Waals surface area contributed by atoms with Crippen LogP contribution < -0.4 is 10.2 Å². The molecule has 6 nitrogen and oxygen atoms in total. The number of thiazole rings is 1. The third-order valence-corrected chi connectivity index (χ3v) is 6.29. The van der Waals surface area contributed by atoms with Gasteiger partial charge in [-0.05, 0) is 42.0 Å². The third kappa shape index (κ3) is 4.57. The predicted octanol–water partition coefficient (Wildman–Crippen LogP) is 4.37. The number of para-hydroxylation sites is 1. The molecule has 7 heteroatoms. The fourth-order valence-corrected chi connectivity index (χ4v) is 4.58. The Morgan fingerprint density at radius 1 is 1.03 bits per heavy atom. The Morgan fingerprint density at radius 2 is 1.84 bits per heavy atom. The number of amides is 1. The van der Waals surface area contributed by atoms with E-state index in [1.807, 2.05) is 54.6 Å². The van der Waals surface area contributed by atoms with Crippen molar-refractivity contribution in [3.63, 3.8) is 0 Å². The van der Waals surface area contributed by atoms with Gasteiger partial charge in [-0.3, -0.25) is 4.79 Å². The Bertz CT molecular complexity index is 1150. The van der Waals surface area contributed by atoms with Crippen LogP contribution in [0.2, 0.25) is 0 Å². The van der Waals surface area contributed by atoms with Gasteiger partial charge in [0.25, 0.3) is 5.91 Å². The summed E-state index contributed by atoms with van der Waals surface area (Å²) in [5.41, 5.74) is 3.50. The van der Waals surface area contributed by atoms with E-state index in [1.165, 1.54) is 4.70 Å². The second-order valence-electron chi connectivity index (χ2n) is 7.41. The molecule has 4 aromatic rings. The summed E-state index contributed by atoms with van der Waals surface area (Å²) in [7, 11) is 0. The zero-order valence-electron chi connectivity index (χ0n) is 17.0. The van der Waals surface area contributed by atoms with E-state index in [-0.39, 0.29) is 5.91 Å². The second kappa shape index (κ2) is 8.83. The van der Waals surface area contributed by atoms with Gasteiger partial charge in [0.1, 0.15) is 5.82 Å². The molecule has 0 radical (unpaired) electrons. The van der Waals surface area contributed by atoms with Crippen molar-refractivity contribution in [3.8, 4) is 0 Å². The highest BCUT2D eigenvalue weighted by atomic mass is 32.1. The van der Waals surface area contributed by atoms with Gasteiger partial charge >= 0.3 is 0 Å². The van der Waals surface area contributed by atoms with Crippen LogP contribution in [0.4, 0.5) is 11.5 Å². The van der Waals surface area contributed by atoms with Crippen molar-refractivity contribution >= 4 is 39.0 Å². The summed E-state index contributed by atoms with van der Waals surface area (Å²) in [6.07, 6.45) is 2.40. The first-order valence-corrected chi connectivity index (χ1v) is 11.1. The Hall–Kier alpha value is -3.29. The summed E-state index contributed by atoms with van der Waals surface area (Å²) < 4.78 is 6.57. The number of carbonyl (C=O) groups is 1. The van der Waals surface area contributed by atoms with Crippen molar-refractivity contribution in [2.75, 3.05) is 36.5 Å². The van der Waals surface area contributed by atoms with E-state index in [9.17, 15) is 4.79 Å². The number of benzene rings is 2. The van der Waals surface area contributed by atoms with Gasteiger partial charge in [-0.25, -0.2) is 9.97 Å². The molecule has 0 bridgehead atoms. The standard InChI is InChI=1S/C24H22N4O2S/c29-24(18-7-10-22(25-16-18)28-11-13-30-14-12-28)26-19-8-5-17(6-9-19)15-23-27-20-3-1-2-4-21(20)31-23/h1-10,16H,11-15H2,(H,26,29). The van der Waals surface area contributed by atoms with E-state index in [1.54, 1.807) is 17.5 Å². The molecular formula is C24H22N4O2S. The average molecular weight is 431 g/mol. The van der Waals surface area contributed by atoms with Crippen molar-refractivity contribution in [3.05, 3.63) is 83.0 Å². The second-order valence-corrected chi connectivity index (χ2v) is 8.52. The van der Waals surface area contributed by atoms with Gasteiger partial charge in [-0.15, -0.1) is 11.3 Å². The Labute approximate surface area is 184 Å². The fraction of sp³-hybridized carbons (Fsp3) is 0.208. The van der Waals surface area contributed by atoms with E-state index in [4.69, 9.17) is 9.72 Å². The van der Waals surface area contributed by atoms with Crippen molar-refractivity contribution in [1.82, 2.24) is 9.97 Å². The number of carbonyl (C=O) groups excluding carboxylic acids is 1. The molecule has 1 amide bonds. The quantitative estimate of drug-likeness (QED) is 0.509. The van der Waals surface area contributed by atoms with Crippen LogP contribution in [0.25, 0.3) is 10.2 Å². The van der Waals surface area contributed by atoms with Crippen LogP contribution in [-0.2, 0) is 11.2 Å². The number of fused-ring (bicyclic) bond motifs is 1. The molecule has 0 spiro atoms. The lowest BCUT2D eigenvalue weighted by atomic mass is 10.1. The Balaban J connectivity index is 1.21. The number of nitrogens with one attached hydrogen (secondary N) is 1. The largest absolute Gasteiger partial charge is 0.378 e. The number of ether oxygens (including phenoxy) is 1. The number of morpholine rings is 1. The van der Waals surface area contributed by atoms with Gasteiger partial charge in [0.15, 0.2) is 0 Å². The SMILES string of the molecule is O=C(Nc1ccc(Cc2nc3ccccc3s2)cc1)c1ccc(N2CCOCC2)nc1. The molecule has 3 heterocycles. The summed E-state index contributed by atoms with van der Waals surface area (Å²) in [4.78, 5) is 23.9. The van der Waals surface area contributed by atoms with Crippen molar-refractivity contribution in [2.45, 2.75) is 6.42 Å². The molecule has 0 aliphatic carbocycles. The number of pyridine rings is 1. The molecule has 1 saturated heterocycles. The van der Waals surface area contributed by atoms with Crippen LogP contribution in [0, 0.1) is 0 Å². The minimum Gasteiger partial charge on any atom is -0.378 e. The molecule has 2 aromatic carbocycles. The van der Waals surface area contributed by atoms with Crippen molar-refractivity contribution in [1.29, 1.82) is 0 Å². The number of hydrogen-bond donors (Lipinski definition) is 1. The van der Waals surface area contributed by atoms with Crippen LogP contribution in [0.15, 0.2) is 66.9 Å². The zero-order chi connectivity index (χ0) is 21.0. The lowest BCUT2D eigenvalue weighted by Gasteiger charge is -2.27. The van der Waals surface area contributed by atoms with Crippen LogP contribution >= 0.6 is 11.3 Å². The summed E-state index contributed by atoms with van der Waals surface area (Å²) >= 11 is 1.72. The maximum atomic E-state index is 12.6. The first-order valence-electron chi connectivity index (χ1n) is 10.3. The fourth-order valence-electron chi connectivity index (χ4n) is 3.58. The molecule has 1 fully saturated rings. The topological polar surface area (TPSA) is 67.4 Å². The van der Waals surface area contributed by atoms with E-state index < -0.39 is 0 Å². The number of hydrogen-bond acceptors (Lipinski definition) is 6. The molecular weight excluding hydrogens is 408 g/mol. The third-order valence-electron chi connectivity index (χ3n) is 5.25. The van der Waals surface area contributed by atoms with E-state index in [0.29, 0.717) is 18.8 Å². The van der Waals surface area contributed by atoms with Gasteiger partial charge in [-0.2, -0.15) is 0 Å². The van der Waals surface area contributed by atoms with Gasteiger partial charge in [-0.1, -0.05) is 24.3 Å². The van der Waals surface area contributed by atoms with Crippen LogP contribution in [0.5, 0.6) is 0 Å². The maximum absolute atomic E-state index is 12.6. The molecule has 1 aliphatic heterocycles. The molecule has 0 saturated carbocycles. The number of anilines is 2. The normalized spacial score (nSPS) is 14.0. The summed E-state index contributed by atoms with van der Waals surface area (Å²) in [6.45, 7) is 3.06. The van der Waals surface area contributed by atoms with E-state index in [2.05, 4.69) is 21.3 Å². The first-order chi connectivity index (χ1) is 15.2. The lowest BCUT2D eigenvalue weighted by molar-refractivity contribution is 0.102. The molecule has 0 unspecified atom stereocenters. The predicted molar refractivity (Wildman–Crippen MR) is 124 cm³/mol. The highest BCUT2D eigenvalue weighted by molar-refractivity contribution is 7.18. The van der Waals surface area contributed by atoms with Crippen molar-refractivity contribution < 1.29 is 9.53 Å². The van der Waals surface area contributed by atoms with Crippen molar-refractivity contribution in [2.24, 2.45) is 0 Å². The number of rotatable bonds is 5. The molecule has 156 valence electrons. The van der Waals surface area contributed by atoms with Crippen LogP contribution in [0.1, 0.15) is 20.9 Å². The molecule has 5 rings (SSSR count). The molecule has 31 heavy (non-hydrogen) atoms. The highest BCUT2D eigenvalue weighted by Crippen LogP contribution is 2.24. The minimum atomic E-state index is -0.167. The van der Waals surface area contributed by atoms with Gasteiger partial charge in [0.05, 0.1) is 34.0 Å². The van der Waals surface area contributed by atoms with Gasteiger partial charge in [0, 0.05) is 31.4 Å². The van der Waals surface area contributed by atoms with Crippen LogP contribution in [-0.4, -0.2) is 42.2 Å². The molecule has 1 aliphatic rings. The smallest absolute Gasteiger partial charge is 0.257 e. The Kier molecular flexibility index (Phi) is 5.60. The van der Waals surface area contributed by atoms with E-state index >= 15 is 0 Å². The minimum absolute atomic E-state index is 0.167. The highest BCUT2D eigenvalue weighted by Gasteiger charge is 2.13. The molecule has 1 N–H and O–H groups in total. The lowest BCUT2D eigenvalue weighted by Crippen LogP contribution is -2.36. The molecule has 0 atom stereocenters. The first kappa shape index (κ1) is 19.7. The summed E-state index contributed by atoms with van der Waals surface area (Å²) in [6, 6.07) is 19.8. The Morgan fingerprint density at radius 3 is 2.58 bits per heavy atom. The zero-order valence-corrected chi connectivity index (χ0v) is 17.8. The number of nitrogens with zero attached hydrogens (tertiary/aromatic N) is 3.